The minimum atomic E-state index is -0.639. The van der Waals surface area contributed by atoms with E-state index in [4.69, 9.17) is 0 Å². The molecular weight excluding hydrogens is 267 g/mol. The van der Waals surface area contributed by atoms with Gasteiger partial charge in [0.05, 0.1) is 6.10 Å². The third kappa shape index (κ3) is 3.38. The van der Waals surface area contributed by atoms with Crippen molar-refractivity contribution in [1.82, 2.24) is 4.90 Å². The Morgan fingerprint density at radius 3 is 2.48 bits per heavy atom. The molecule has 1 aliphatic heterocycles. The predicted molar refractivity (Wildman–Crippen MR) is 83.1 cm³/mol. The molecule has 1 atom stereocenters. The van der Waals surface area contributed by atoms with Crippen LogP contribution in [0.3, 0.4) is 0 Å². The third-order valence-electron chi connectivity index (χ3n) is 4.68. The molecule has 2 fully saturated rings. The summed E-state index contributed by atoms with van der Waals surface area (Å²) in [5, 5.41) is 9.93. The average Bonchev–Trinajstić information content (AvgIpc) is 3.26. The second-order valence-electron chi connectivity index (χ2n) is 6.57. The van der Waals surface area contributed by atoms with Gasteiger partial charge in [0.1, 0.15) is 5.82 Å². The number of piperazine rings is 1. The molecular formula is C17H25FN2O. The van der Waals surface area contributed by atoms with Crippen molar-refractivity contribution >= 4 is 5.69 Å². The van der Waals surface area contributed by atoms with Gasteiger partial charge in [0.15, 0.2) is 0 Å². The van der Waals surface area contributed by atoms with Crippen LogP contribution < -0.4 is 4.90 Å². The van der Waals surface area contributed by atoms with Crippen molar-refractivity contribution in [2.24, 2.45) is 5.92 Å². The number of aryl methyl sites for hydroxylation is 1. The van der Waals surface area contributed by atoms with Gasteiger partial charge in [0.25, 0.3) is 0 Å². The standard InChI is InChI=1S/C17H25FN2O/c1-12-9-17(15(13(2)21)10-16(12)18)20-7-5-19(6-8-20)11-14-3-4-14/h9-10,13-14,21H,3-8,11H2,1-2H3/t13-/m0/s1. The zero-order valence-electron chi connectivity index (χ0n) is 13.0. The van der Waals surface area contributed by atoms with E-state index in [0.717, 1.165) is 37.8 Å². The Hall–Kier alpha value is -1.13. The molecule has 1 N–H and O–H groups in total. The number of rotatable bonds is 4. The van der Waals surface area contributed by atoms with E-state index in [1.165, 1.54) is 25.5 Å². The van der Waals surface area contributed by atoms with Gasteiger partial charge in [-0.05, 0) is 50.3 Å². The van der Waals surface area contributed by atoms with Crippen molar-refractivity contribution in [1.29, 1.82) is 0 Å². The number of benzene rings is 1. The molecule has 3 nitrogen and oxygen atoms in total. The van der Waals surface area contributed by atoms with Gasteiger partial charge in [0.2, 0.25) is 0 Å². The Balaban J connectivity index is 1.73. The van der Waals surface area contributed by atoms with E-state index in [-0.39, 0.29) is 5.82 Å². The van der Waals surface area contributed by atoms with Crippen molar-refractivity contribution in [2.45, 2.75) is 32.8 Å². The van der Waals surface area contributed by atoms with E-state index >= 15 is 0 Å². The topological polar surface area (TPSA) is 26.7 Å². The molecule has 1 saturated carbocycles. The van der Waals surface area contributed by atoms with Crippen LogP contribution in [0.2, 0.25) is 0 Å². The second-order valence-corrected chi connectivity index (χ2v) is 6.57. The summed E-state index contributed by atoms with van der Waals surface area (Å²) in [6, 6.07) is 3.37. The van der Waals surface area contributed by atoms with Crippen LogP contribution in [-0.4, -0.2) is 42.7 Å². The van der Waals surface area contributed by atoms with Crippen molar-refractivity contribution in [3.05, 3.63) is 29.1 Å². The zero-order valence-corrected chi connectivity index (χ0v) is 13.0. The first-order valence-electron chi connectivity index (χ1n) is 8.00. The van der Waals surface area contributed by atoms with E-state index in [2.05, 4.69) is 9.80 Å². The monoisotopic (exact) mass is 292 g/mol. The molecule has 0 aromatic heterocycles. The van der Waals surface area contributed by atoms with E-state index in [0.29, 0.717) is 11.1 Å². The molecule has 1 saturated heterocycles. The summed E-state index contributed by atoms with van der Waals surface area (Å²) in [6.45, 7) is 8.76. The number of halogens is 1. The van der Waals surface area contributed by atoms with E-state index in [1.54, 1.807) is 13.8 Å². The maximum atomic E-state index is 13.8. The summed E-state index contributed by atoms with van der Waals surface area (Å²) in [4.78, 5) is 4.82. The van der Waals surface area contributed by atoms with E-state index in [9.17, 15) is 9.50 Å². The zero-order chi connectivity index (χ0) is 15.0. The molecule has 1 heterocycles. The summed E-state index contributed by atoms with van der Waals surface area (Å²) in [5.41, 5.74) is 2.35. The van der Waals surface area contributed by atoms with Crippen LogP contribution in [0.15, 0.2) is 12.1 Å². The Kier molecular flexibility index (Phi) is 4.18. The average molecular weight is 292 g/mol. The van der Waals surface area contributed by atoms with Crippen LogP contribution in [0.5, 0.6) is 0 Å². The summed E-state index contributed by atoms with van der Waals surface area (Å²) in [5.74, 6) is 0.694. The molecule has 1 aromatic rings. The maximum absolute atomic E-state index is 13.8. The Morgan fingerprint density at radius 2 is 1.90 bits per heavy atom. The van der Waals surface area contributed by atoms with Crippen LogP contribution in [0.4, 0.5) is 10.1 Å². The second kappa shape index (κ2) is 5.93. The van der Waals surface area contributed by atoms with Crippen molar-refractivity contribution in [3.63, 3.8) is 0 Å². The molecule has 0 spiro atoms. The largest absolute Gasteiger partial charge is 0.389 e. The lowest BCUT2D eigenvalue weighted by Crippen LogP contribution is -2.47. The first-order chi connectivity index (χ1) is 10.0. The Morgan fingerprint density at radius 1 is 1.24 bits per heavy atom. The summed E-state index contributed by atoms with van der Waals surface area (Å²) < 4.78 is 13.8. The number of hydrogen-bond acceptors (Lipinski definition) is 3. The number of aliphatic hydroxyl groups is 1. The highest BCUT2D eigenvalue weighted by Gasteiger charge is 2.27. The lowest BCUT2D eigenvalue weighted by molar-refractivity contribution is 0.198. The van der Waals surface area contributed by atoms with Crippen LogP contribution in [0.1, 0.15) is 37.0 Å². The predicted octanol–water partition coefficient (Wildman–Crippen LogP) is 2.72. The smallest absolute Gasteiger partial charge is 0.126 e. The fourth-order valence-electron chi connectivity index (χ4n) is 3.13. The van der Waals surface area contributed by atoms with Gasteiger partial charge < -0.3 is 10.0 Å². The molecule has 116 valence electrons. The molecule has 1 aliphatic carbocycles. The summed E-state index contributed by atoms with van der Waals surface area (Å²) >= 11 is 0. The molecule has 2 aliphatic rings. The summed E-state index contributed by atoms with van der Waals surface area (Å²) in [6.07, 6.45) is 2.15. The molecule has 0 radical (unpaired) electrons. The Bertz CT molecular complexity index is 506. The molecule has 0 bridgehead atoms. The van der Waals surface area contributed by atoms with Gasteiger partial charge in [-0.1, -0.05) is 0 Å². The van der Waals surface area contributed by atoms with Gasteiger partial charge in [-0.3, -0.25) is 4.90 Å². The minimum Gasteiger partial charge on any atom is -0.389 e. The van der Waals surface area contributed by atoms with Crippen LogP contribution in [0, 0.1) is 18.7 Å². The number of anilines is 1. The normalized spacial score (nSPS) is 21.6. The van der Waals surface area contributed by atoms with Gasteiger partial charge in [0, 0.05) is 44.0 Å². The highest BCUT2D eigenvalue weighted by atomic mass is 19.1. The summed E-state index contributed by atoms with van der Waals surface area (Å²) in [7, 11) is 0. The van der Waals surface area contributed by atoms with Crippen molar-refractivity contribution in [3.8, 4) is 0 Å². The van der Waals surface area contributed by atoms with E-state index in [1.807, 2.05) is 6.07 Å². The van der Waals surface area contributed by atoms with Gasteiger partial charge in [-0.25, -0.2) is 4.39 Å². The van der Waals surface area contributed by atoms with Crippen LogP contribution in [-0.2, 0) is 0 Å². The fourth-order valence-corrected chi connectivity index (χ4v) is 3.13. The molecule has 0 unspecified atom stereocenters. The highest BCUT2D eigenvalue weighted by Crippen LogP contribution is 2.32. The van der Waals surface area contributed by atoms with Crippen LogP contribution in [0.25, 0.3) is 0 Å². The first kappa shape index (κ1) is 14.8. The third-order valence-corrected chi connectivity index (χ3v) is 4.68. The molecule has 1 aromatic carbocycles. The quantitative estimate of drug-likeness (QED) is 0.924. The highest BCUT2D eigenvalue weighted by molar-refractivity contribution is 5.57. The number of nitrogens with zero attached hydrogens (tertiary/aromatic N) is 2. The number of hydrogen-bond donors (Lipinski definition) is 1. The molecule has 4 heteroatoms. The first-order valence-corrected chi connectivity index (χ1v) is 8.00. The SMILES string of the molecule is Cc1cc(N2CCN(CC3CC3)CC2)c([C@H](C)O)cc1F. The maximum Gasteiger partial charge on any atom is 0.126 e. The molecule has 0 amide bonds. The van der Waals surface area contributed by atoms with Gasteiger partial charge in [-0.2, -0.15) is 0 Å². The lowest BCUT2D eigenvalue weighted by Gasteiger charge is -2.37. The van der Waals surface area contributed by atoms with Crippen LogP contribution >= 0.6 is 0 Å². The van der Waals surface area contributed by atoms with Gasteiger partial charge in [-0.15, -0.1) is 0 Å². The minimum absolute atomic E-state index is 0.234. The molecule has 21 heavy (non-hydrogen) atoms. The van der Waals surface area contributed by atoms with E-state index < -0.39 is 6.10 Å². The lowest BCUT2D eigenvalue weighted by atomic mass is 10.0. The Labute approximate surface area is 126 Å². The molecule has 3 rings (SSSR count). The fraction of sp³-hybridized carbons (Fsp3) is 0.647. The van der Waals surface area contributed by atoms with Crippen molar-refractivity contribution in [2.75, 3.05) is 37.6 Å². The van der Waals surface area contributed by atoms with Gasteiger partial charge >= 0.3 is 0 Å². The number of aliphatic hydroxyl groups excluding tert-OH is 1. The van der Waals surface area contributed by atoms with Crippen molar-refractivity contribution < 1.29 is 9.50 Å².